The predicted octanol–water partition coefficient (Wildman–Crippen LogP) is 10.1. The number of rotatable bonds is 26. The topological polar surface area (TPSA) is 90.6 Å². The number of unbranched alkanes of at least 4 members (excludes halogenated alkanes) is 17. The fraction of sp³-hybridized carbons (Fsp3) is 0.950. The summed E-state index contributed by atoms with van der Waals surface area (Å²) in [5, 5.41) is 20.3. The number of hydrogen-bond acceptors (Lipinski definition) is 4. The second-order valence-corrected chi connectivity index (χ2v) is 16.3. The van der Waals surface area contributed by atoms with Crippen molar-refractivity contribution < 1.29 is 19.5 Å². The molecule has 1 radical (unpaired) electrons. The van der Waals surface area contributed by atoms with Crippen LogP contribution >= 0.6 is 0 Å². The molecule has 1 aliphatic heterocycles. The molecule has 2 atom stereocenters. The average molecular weight is 663 g/mol. The first-order chi connectivity index (χ1) is 22.5. The standard InChI is InChI=1S/C40H76N3O4/c1-6-7-8-9-10-11-12-13-16-19-22-29-37(44)41-35-27-24-25-28-36(35)42-38(45)30-23-20-17-14-15-18-21-26-31-47-34-32-39(2,3)43(46)40(4,5)33-34/h34-36H,6-33H2,1-5H3,(H,41,44)(H,42,45)/t35-,36-/m0/s1. The Hall–Kier alpha value is -1.18. The van der Waals surface area contributed by atoms with Crippen LogP contribution in [-0.2, 0) is 19.5 Å². The van der Waals surface area contributed by atoms with Gasteiger partial charge in [-0.1, -0.05) is 122 Å². The van der Waals surface area contributed by atoms with E-state index in [4.69, 9.17) is 4.74 Å². The Balaban J connectivity index is 1.44. The highest BCUT2D eigenvalue weighted by atomic mass is 16.5. The van der Waals surface area contributed by atoms with Crippen molar-refractivity contribution in [1.29, 1.82) is 0 Å². The van der Waals surface area contributed by atoms with Crippen LogP contribution in [0.25, 0.3) is 0 Å². The number of nitrogens with zero attached hydrogens (tertiary/aromatic N) is 1. The van der Waals surface area contributed by atoms with Gasteiger partial charge in [-0.2, -0.15) is 0 Å². The van der Waals surface area contributed by atoms with E-state index in [1.165, 1.54) is 95.0 Å². The monoisotopic (exact) mass is 663 g/mol. The fourth-order valence-corrected chi connectivity index (χ4v) is 7.97. The van der Waals surface area contributed by atoms with Gasteiger partial charge < -0.3 is 15.4 Å². The van der Waals surface area contributed by atoms with Crippen LogP contribution < -0.4 is 10.6 Å². The van der Waals surface area contributed by atoms with Crippen molar-refractivity contribution in [2.24, 2.45) is 0 Å². The van der Waals surface area contributed by atoms with E-state index in [0.717, 1.165) is 77.2 Å². The minimum Gasteiger partial charge on any atom is -0.378 e. The van der Waals surface area contributed by atoms with E-state index in [1.54, 1.807) is 0 Å². The van der Waals surface area contributed by atoms with Crippen LogP contribution in [-0.4, -0.2) is 52.7 Å². The summed E-state index contributed by atoms with van der Waals surface area (Å²) in [6.07, 6.45) is 30.6. The second kappa shape index (κ2) is 24.1. The van der Waals surface area contributed by atoms with E-state index in [2.05, 4.69) is 17.6 Å². The molecule has 1 heterocycles. The second-order valence-electron chi connectivity index (χ2n) is 16.3. The minimum atomic E-state index is -0.366. The summed E-state index contributed by atoms with van der Waals surface area (Å²) < 4.78 is 6.18. The molecule has 47 heavy (non-hydrogen) atoms. The molecule has 2 aliphatic rings. The van der Waals surface area contributed by atoms with Crippen molar-refractivity contribution in [3.63, 3.8) is 0 Å². The first-order valence-corrected chi connectivity index (χ1v) is 20.2. The quantitative estimate of drug-likeness (QED) is 0.0902. The number of piperidine rings is 1. The minimum absolute atomic E-state index is 0.0824. The largest absolute Gasteiger partial charge is 0.378 e. The molecule has 2 rings (SSSR count). The van der Waals surface area contributed by atoms with Crippen molar-refractivity contribution in [1.82, 2.24) is 15.7 Å². The Morgan fingerprint density at radius 1 is 0.596 bits per heavy atom. The molecule has 0 unspecified atom stereocenters. The van der Waals surface area contributed by atoms with Gasteiger partial charge in [-0.3, -0.25) is 9.59 Å². The third kappa shape index (κ3) is 18.4. The van der Waals surface area contributed by atoms with E-state index in [1.807, 2.05) is 27.7 Å². The van der Waals surface area contributed by atoms with Crippen LogP contribution in [0.4, 0.5) is 0 Å². The zero-order valence-corrected chi connectivity index (χ0v) is 31.6. The first kappa shape index (κ1) is 42.0. The van der Waals surface area contributed by atoms with Crippen LogP contribution in [0.5, 0.6) is 0 Å². The molecule has 0 aromatic heterocycles. The van der Waals surface area contributed by atoms with E-state index in [-0.39, 0.29) is 41.1 Å². The maximum atomic E-state index is 12.7. The molecular weight excluding hydrogens is 586 g/mol. The summed E-state index contributed by atoms with van der Waals surface area (Å²) in [4.78, 5) is 25.4. The van der Waals surface area contributed by atoms with Crippen molar-refractivity contribution in [3.8, 4) is 0 Å². The Morgan fingerprint density at radius 2 is 0.957 bits per heavy atom. The third-order valence-electron chi connectivity index (χ3n) is 10.7. The molecule has 1 aliphatic carbocycles. The molecule has 7 heteroatoms. The van der Waals surface area contributed by atoms with Gasteiger partial charge >= 0.3 is 0 Å². The summed E-state index contributed by atoms with van der Waals surface area (Å²) in [6.45, 7) is 11.2. The molecule has 2 fully saturated rings. The van der Waals surface area contributed by atoms with Gasteiger partial charge in [0.15, 0.2) is 0 Å². The maximum Gasteiger partial charge on any atom is 0.220 e. The van der Waals surface area contributed by atoms with Crippen LogP contribution in [0.1, 0.15) is 208 Å². The number of amides is 2. The summed E-state index contributed by atoms with van der Waals surface area (Å²) in [5.74, 6) is 0.308. The fourth-order valence-electron chi connectivity index (χ4n) is 7.97. The van der Waals surface area contributed by atoms with Gasteiger partial charge in [0.25, 0.3) is 0 Å². The lowest BCUT2D eigenvalue weighted by atomic mass is 9.80. The summed E-state index contributed by atoms with van der Waals surface area (Å²) in [6, 6.07) is 0.168. The van der Waals surface area contributed by atoms with Gasteiger partial charge in [0.2, 0.25) is 11.8 Å². The summed E-state index contributed by atoms with van der Waals surface area (Å²) in [7, 11) is 0. The molecule has 1 saturated heterocycles. The lowest BCUT2D eigenvalue weighted by Gasteiger charge is -2.49. The number of carbonyl (C=O) groups excluding carboxylic acids is 2. The van der Waals surface area contributed by atoms with Crippen molar-refractivity contribution >= 4 is 11.8 Å². The molecule has 2 amide bonds. The predicted molar refractivity (Wildman–Crippen MR) is 195 cm³/mol. The molecule has 0 aromatic carbocycles. The van der Waals surface area contributed by atoms with Gasteiger partial charge in [-0.15, -0.1) is 10.3 Å². The normalized spacial score (nSPS) is 21.5. The van der Waals surface area contributed by atoms with Crippen molar-refractivity contribution in [2.45, 2.75) is 237 Å². The zero-order valence-electron chi connectivity index (χ0n) is 31.6. The molecule has 0 bridgehead atoms. The summed E-state index contributed by atoms with van der Waals surface area (Å²) >= 11 is 0. The van der Waals surface area contributed by atoms with E-state index >= 15 is 0 Å². The lowest BCUT2D eigenvalue weighted by molar-refractivity contribution is -0.301. The van der Waals surface area contributed by atoms with Crippen molar-refractivity contribution in [2.75, 3.05) is 6.61 Å². The maximum absolute atomic E-state index is 12.7. The molecule has 2 N–H and O–H groups in total. The van der Waals surface area contributed by atoms with Gasteiger partial charge in [-0.25, -0.2) is 0 Å². The highest BCUT2D eigenvalue weighted by molar-refractivity contribution is 5.77. The molecule has 0 aromatic rings. The molecule has 7 nitrogen and oxygen atoms in total. The SMILES string of the molecule is CCCCCCCCCCCCCC(=O)N[C@H]1CCCC[C@@H]1NC(=O)CCCCCCCCCCOC1CC(C)(C)N([O])C(C)(C)C1. The number of nitrogens with one attached hydrogen (secondary N) is 2. The molecule has 1 saturated carbocycles. The highest BCUT2D eigenvalue weighted by Gasteiger charge is 2.46. The number of ether oxygens (including phenoxy) is 1. The third-order valence-corrected chi connectivity index (χ3v) is 10.7. The van der Waals surface area contributed by atoms with Gasteiger partial charge in [-0.05, 0) is 72.6 Å². The summed E-state index contributed by atoms with van der Waals surface area (Å²) in [5.41, 5.74) is -0.733. The smallest absolute Gasteiger partial charge is 0.220 e. The molecule has 0 spiro atoms. The van der Waals surface area contributed by atoms with Crippen LogP contribution in [0.3, 0.4) is 0 Å². The number of hydroxylamine groups is 2. The van der Waals surface area contributed by atoms with Gasteiger partial charge in [0.1, 0.15) is 0 Å². The Morgan fingerprint density at radius 3 is 1.36 bits per heavy atom. The Labute approximate surface area is 290 Å². The Kier molecular flexibility index (Phi) is 21.5. The zero-order chi connectivity index (χ0) is 34.4. The molecule has 275 valence electrons. The van der Waals surface area contributed by atoms with Gasteiger partial charge in [0, 0.05) is 42.6 Å². The highest BCUT2D eigenvalue weighted by Crippen LogP contribution is 2.38. The number of carbonyl (C=O) groups is 2. The Bertz CT molecular complexity index is 814. The average Bonchev–Trinajstić information content (AvgIpc) is 3.02. The van der Waals surface area contributed by atoms with E-state index in [0.29, 0.717) is 12.8 Å². The van der Waals surface area contributed by atoms with Gasteiger partial charge in [0.05, 0.1) is 6.10 Å². The molecular formula is C40H76N3O4. The number of hydrogen-bond donors (Lipinski definition) is 2. The van der Waals surface area contributed by atoms with Crippen molar-refractivity contribution in [3.05, 3.63) is 0 Å². The van der Waals surface area contributed by atoms with E-state index < -0.39 is 0 Å². The lowest BCUT2D eigenvalue weighted by Crippen LogP contribution is -2.59. The van der Waals surface area contributed by atoms with Crippen LogP contribution in [0.2, 0.25) is 0 Å². The van der Waals surface area contributed by atoms with Crippen LogP contribution in [0.15, 0.2) is 0 Å². The van der Waals surface area contributed by atoms with E-state index in [9.17, 15) is 14.8 Å². The van der Waals surface area contributed by atoms with Crippen LogP contribution in [0, 0.1) is 0 Å². The first-order valence-electron chi connectivity index (χ1n) is 20.2.